The molecule has 0 unspecified atom stereocenters. The molecular weight excluding hydrogens is 263 g/mol. The maximum absolute atomic E-state index is 12.1. The van der Waals surface area contributed by atoms with Crippen LogP contribution in [0, 0.1) is 0 Å². The van der Waals surface area contributed by atoms with Crippen molar-refractivity contribution in [1.29, 1.82) is 0 Å². The fourth-order valence-electron chi connectivity index (χ4n) is 1.41. The number of benzene rings is 1. The summed E-state index contributed by atoms with van der Waals surface area (Å²) in [7, 11) is 0. The predicted molar refractivity (Wildman–Crippen MR) is 66.4 cm³/mol. The minimum atomic E-state index is -4.25. The second-order valence-corrected chi connectivity index (χ2v) is 5.00. The Labute approximate surface area is 109 Å². The molecule has 0 aliphatic heterocycles. The van der Waals surface area contributed by atoms with E-state index in [4.69, 9.17) is 5.11 Å². The molecule has 0 radical (unpaired) electrons. The summed E-state index contributed by atoms with van der Waals surface area (Å²) in [4.78, 5) is 0.181. The molecule has 0 amide bonds. The molecule has 0 fully saturated rings. The standard InChI is InChI=1S/C12H16F3NOS/c1-2-10(8-17)16-7-9-3-5-11(6-4-9)18-12(13,14)15/h3-6,10,16-17H,2,7-8H2,1H3/t10-/m0/s1. The van der Waals surface area contributed by atoms with Crippen LogP contribution in [0.2, 0.25) is 0 Å². The van der Waals surface area contributed by atoms with Crippen molar-refractivity contribution >= 4 is 11.8 Å². The largest absolute Gasteiger partial charge is 0.446 e. The maximum Gasteiger partial charge on any atom is 0.446 e. The van der Waals surface area contributed by atoms with E-state index in [0.717, 1.165) is 12.0 Å². The van der Waals surface area contributed by atoms with Gasteiger partial charge < -0.3 is 10.4 Å². The molecule has 2 N–H and O–H groups in total. The topological polar surface area (TPSA) is 32.3 Å². The molecule has 1 rings (SSSR count). The van der Waals surface area contributed by atoms with E-state index in [1.807, 2.05) is 6.92 Å². The van der Waals surface area contributed by atoms with E-state index in [9.17, 15) is 13.2 Å². The quantitative estimate of drug-likeness (QED) is 0.785. The average Bonchev–Trinajstić information content (AvgIpc) is 2.30. The Hall–Kier alpha value is -0.720. The molecular formula is C12H16F3NOS. The molecule has 0 aromatic heterocycles. The Balaban J connectivity index is 2.50. The molecule has 6 heteroatoms. The molecule has 18 heavy (non-hydrogen) atoms. The number of aliphatic hydroxyl groups excluding tert-OH is 1. The van der Waals surface area contributed by atoms with E-state index >= 15 is 0 Å². The highest BCUT2D eigenvalue weighted by molar-refractivity contribution is 8.00. The molecule has 2 nitrogen and oxygen atoms in total. The van der Waals surface area contributed by atoms with Gasteiger partial charge in [0.1, 0.15) is 0 Å². The minimum Gasteiger partial charge on any atom is -0.395 e. The van der Waals surface area contributed by atoms with Gasteiger partial charge in [0.15, 0.2) is 0 Å². The van der Waals surface area contributed by atoms with E-state index < -0.39 is 5.51 Å². The summed E-state index contributed by atoms with van der Waals surface area (Å²) >= 11 is -0.118. The molecule has 0 saturated carbocycles. The molecule has 0 bridgehead atoms. The maximum atomic E-state index is 12.1. The Morgan fingerprint density at radius 1 is 1.28 bits per heavy atom. The van der Waals surface area contributed by atoms with Crippen molar-refractivity contribution < 1.29 is 18.3 Å². The summed E-state index contributed by atoms with van der Waals surface area (Å²) in [5.74, 6) is 0. The third-order valence-electron chi connectivity index (χ3n) is 2.46. The molecule has 102 valence electrons. The second kappa shape index (κ2) is 7.01. The van der Waals surface area contributed by atoms with E-state index in [1.54, 1.807) is 12.1 Å². The van der Waals surface area contributed by atoms with Crippen molar-refractivity contribution in [1.82, 2.24) is 5.32 Å². The number of alkyl halides is 3. The van der Waals surface area contributed by atoms with Crippen LogP contribution < -0.4 is 5.32 Å². The first kappa shape index (κ1) is 15.3. The number of aliphatic hydroxyl groups is 1. The lowest BCUT2D eigenvalue weighted by Gasteiger charge is -2.14. The molecule has 0 aliphatic carbocycles. The van der Waals surface area contributed by atoms with Crippen LogP contribution in [0.1, 0.15) is 18.9 Å². The van der Waals surface area contributed by atoms with E-state index in [0.29, 0.717) is 6.54 Å². The Kier molecular flexibility index (Phi) is 5.98. The number of hydrogen-bond acceptors (Lipinski definition) is 3. The number of hydrogen-bond donors (Lipinski definition) is 2. The normalized spacial score (nSPS) is 13.6. The third kappa shape index (κ3) is 5.75. The van der Waals surface area contributed by atoms with Crippen LogP contribution in [0.15, 0.2) is 29.2 Å². The second-order valence-electron chi connectivity index (χ2n) is 3.86. The van der Waals surface area contributed by atoms with Crippen LogP contribution in [0.25, 0.3) is 0 Å². The third-order valence-corrected chi connectivity index (χ3v) is 3.20. The minimum absolute atomic E-state index is 0.0224. The van der Waals surface area contributed by atoms with Crippen LogP contribution >= 0.6 is 11.8 Å². The van der Waals surface area contributed by atoms with Crippen molar-refractivity contribution in [3.8, 4) is 0 Å². The fraction of sp³-hybridized carbons (Fsp3) is 0.500. The predicted octanol–water partition coefficient (Wildman–Crippen LogP) is 3.16. The van der Waals surface area contributed by atoms with Crippen LogP contribution in [0.3, 0.4) is 0 Å². The summed E-state index contributed by atoms with van der Waals surface area (Å²) in [6, 6.07) is 6.25. The molecule has 1 aromatic carbocycles. The van der Waals surface area contributed by atoms with Crippen molar-refractivity contribution in [3.05, 3.63) is 29.8 Å². The lowest BCUT2D eigenvalue weighted by atomic mass is 10.2. The first-order chi connectivity index (χ1) is 8.44. The van der Waals surface area contributed by atoms with E-state index in [1.165, 1.54) is 12.1 Å². The lowest BCUT2D eigenvalue weighted by molar-refractivity contribution is -0.0328. The number of halogens is 3. The first-order valence-corrected chi connectivity index (χ1v) is 6.45. The summed E-state index contributed by atoms with van der Waals surface area (Å²) in [5.41, 5.74) is -3.35. The van der Waals surface area contributed by atoms with Crippen LogP contribution in [-0.4, -0.2) is 23.3 Å². The summed E-state index contributed by atoms with van der Waals surface area (Å²) < 4.78 is 36.3. The van der Waals surface area contributed by atoms with Gasteiger partial charge in [0, 0.05) is 17.5 Å². The monoisotopic (exact) mass is 279 g/mol. The first-order valence-electron chi connectivity index (χ1n) is 5.63. The Morgan fingerprint density at radius 3 is 2.33 bits per heavy atom. The van der Waals surface area contributed by atoms with Crippen molar-refractivity contribution in [3.63, 3.8) is 0 Å². The molecule has 0 saturated heterocycles. The summed E-state index contributed by atoms with van der Waals surface area (Å²) in [6.45, 7) is 2.55. The summed E-state index contributed by atoms with van der Waals surface area (Å²) in [5, 5.41) is 12.1. The smallest absolute Gasteiger partial charge is 0.395 e. The van der Waals surface area contributed by atoms with E-state index in [-0.39, 0.29) is 29.3 Å². The zero-order valence-corrected chi connectivity index (χ0v) is 10.8. The van der Waals surface area contributed by atoms with Gasteiger partial charge in [0.25, 0.3) is 0 Å². The van der Waals surface area contributed by atoms with Gasteiger partial charge in [-0.2, -0.15) is 13.2 Å². The van der Waals surface area contributed by atoms with Crippen molar-refractivity contribution in [2.75, 3.05) is 6.61 Å². The summed E-state index contributed by atoms with van der Waals surface area (Å²) in [6.07, 6.45) is 0.804. The van der Waals surface area contributed by atoms with Crippen LogP contribution in [0.5, 0.6) is 0 Å². The zero-order chi connectivity index (χ0) is 13.6. The molecule has 1 atom stereocenters. The van der Waals surface area contributed by atoms with Crippen molar-refractivity contribution in [2.45, 2.75) is 36.3 Å². The van der Waals surface area contributed by atoms with E-state index in [2.05, 4.69) is 5.32 Å². The van der Waals surface area contributed by atoms with Gasteiger partial charge in [-0.1, -0.05) is 19.1 Å². The van der Waals surface area contributed by atoms with Gasteiger partial charge in [0.2, 0.25) is 0 Å². The van der Waals surface area contributed by atoms with Gasteiger partial charge >= 0.3 is 5.51 Å². The fourth-order valence-corrected chi connectivity index (χ4v) is 1.95. The van der Waals surface area contributed by atoms with Crippen molar-refractivity contribution in [2.24, 2.45) is 0 Å². The molecule has 0 aliphatic rings. The molecule has 0 spiro atoms. The number of thioether (sulfide) groups is 1. The van der Waals surface area contributed by atoms with Gasteiger partial charge in [-0.3, -0.25) is 0 Å². The van der Waals surface area contributed by atoms with Gasteiger partial charge in [-0.25, -0.2) is 0 Å². The highest BCUT2D eigenvalue weighted by Crippen LogP contribution is 2.36. The molecule has 0 heterocycles. The molecule has 1 aromatic rings. The van der Waals surface area contributed by atoms with Gasteiger partial charge in [-0.15, -0.1) is 0 Å². The SMILES string of the molecule is CC[C@@H](CO)NCc1ccc(SC(F)(F)F)cc1. The highest BCUT2D eigenvalue weighted by Gasteiger charge is 2.28. The lowest BCUT2D eigenvalue weighted by Crippen LogP contribution is -2.31. The Bertz CT molecular complexity index is 349. The Morgan fingerprint density at radius 2 is 1.89 bits per heavy atom. The van der Waals surface area contributed by atoms with Gasteiger partial charge in [0.05, 0.1) is 6.61 Å². The van der Waals surface area contributed by atoms with Gasteiger partial charge in [-0.05, 0) is 35.9 Å². The highest BCUT2D eigenvalue weighted by atomic mass is 32.2. The zero-order valence-electron chi connectivity index (χ0n) is 10.00. The van der Waals surface area contributed by atoms with Crippen LogP contribution in [-0.2, 0) is 6.54 Å². The number of nitrogens with one attached hydrogen (secondary N) is 1. The average molecular weight is 279 g/mol. The number of rotatable bonds is 6. The van der Waals surface area contributed by atoms with Crippen LogP contribution in [0.4, 0.5) is 13.2 Å².